The van der Waals surface area contributed by atoms with Gasteiger partial charge in [0.25, 0.3) is 0 Å². The Hall–Kier alpha value is -1.60. The average Bonchev–Trinajstić information content (AvgIpc) is 2.93. The Morgan fingerprint density at radius 3 is 2.87 bits per heavy atom. The maximum Gasteiger partial charge on any atom is 0.317 e. The number of carbonyl (C=O) groups excluding carboxylic acids is 1. The molecule has 130 valence electrons. The molecule has 0 saturated carbocycles. The molecule has 1 saturated heterocycles. The summed E-state index contributed by atoms with van der Waals surface area (Å²) in [5.74, 6) is 0. The Morgan fingerprint density at radius 1 is 1.57 bits per heavy atom. The number of nitrogens with one attached hydrogen (secondary N) is 1. The van der Waals surface area contributed by atoms with Gasteiger partial charge in [0.05, 0.1) is 31.0 Å². The summed E-state index contributed by atoms with van der Waals surface area (Å²) in [5, 5.41) is 7.27. The highest BCUT2D eigenvalue weighted by atomic mass is 16.5. The van der Waals surface area contributed by atoms with Crippen molar-refractivity contribution in [3.05, 3.63) is 18.0 Å². The smallest absolute Gasteiger partial charge is 0.317 e. The molecule has 0 bridgehead atoms. The van der Waals surface area contributed by atoms with Crippen molar-refractivity contribution < 1.29 is 9.53 Å². The van der Waals surface area contributed by atoms with Crippen LogP contribution in [0.25, 0.3) is 0 Å². The van der Waals surface area contributed by atoms with E-state index >= 15 is 0 Å². The fourth-order valence-electron chi connectivity index (χ4n) is 2.82. The van der Waals surface area contributed by atoms with E-state index in [0.717, 1.165) is 12.0 Å². The molecule has 0 radical (unpaired) electrons. The zero-order valence-electron chi connectivity index (χ0n) is 14.9. The average molecular weight is 323 g/mol. The van der Waals surface area contributed by atoms with E-state index in [9.17, 15) is 4.79 Å². The van der Waals surface area contributed by atoms with Crippen LogP contribution in [0.4, 0.5) is 4.79 Å². The van der Waals surface area contributed by atoms with E-state index in [1.54, 1.807) is 4.68 Å². The van der Waals surface area contributed by atoms with Crippen molar-refractivity contribution in [3.63, 3.8) is 0 Å². The number of aryl methyl sites for hydroxylation is 1. The summed E-state index contributed by atoms with van der Waals surface area (Å²) in [6.45, 7) is 6.57. The van der Waals surface area contributed by atoms with Crippen LogP contribution in [0.1, 0.15) is 31.9 Å². The van der Waals surface area contributed by atoms with Gasteiger partial charge in [0.2, 0.25) is 0 Å². The molecule has 1 aliphatic rings. The number of amides is 2. The van der Waals surface area contributed by atoms with Crippen LogP contribution < -0.4 is 5.32 Å². The second kappa shape index (κ2) is 7.31. The molecule has 23 heavy (non-hydrogen) atoms. The first-order chi connectivity index (χ1) is 10.8. The molecule has 1 aliphatic heterocycles. The van der Waals surface area contributed by atoms with Gasteiger partial charge in [-0.3, -0.25) is 4.68 Å². The van der Waals surface area contributed by atoms with E-state index in [1.807, 2.05) is 38.4 Å². The van der Waals surface area contributed by atoms with Gasteiger partial charge in [-0.1, -0.05) is 6.92 Å². The minimum atomic E-state index is -0.236. The summed E-state index contributed by atoms with van der Waals surface area (Å²) >= 11 is 0. The van der Waals surface area contributed by atoms with Gasteiger partial charge in [-0.25, -0.2) is 4.79 Å². The van der Waals surface area contributed by atoms with E-state index in [0.29, 0.717) is 26.2 Å². The molecule has 7 nitrogen and oxygen atoms in total. The number of rotatable bonds is 5. The molecule has 7 heteroatoms. The Bertz CT molecular complexity index is 530. The fraction of sp³-hybridized carbons (Fsp3) is 0.750. The number of aromatic nitrogens is 2. The van der Waals surface area contributed by atoms with Crippen LogP contribution in [0, 0.1) is 0 Å². The Labute approximate surface area is 138 Å². The van der Waals surface area contributed by atoms with Gasteiger partial charge in [-0.15, -0.1) is 0 Å². The lowest BCUT2D eigenvalue weighted by Crippen LogP contribution is -2.55. The zero-order chi connectivity index (χ0) is 17.0. The van der Waals surface area contributed by atoms with Crippen LogP contribution in [-0.4, -0.2) is 71.5 Å². The number of carbonyl (C=O) groups is 1. The van der Waals surface area contributed by atoms with Gasteiger partial charge in [0, 0.05) is 31.9 Å². The molecule has 0 spiro atoms. The van der Waals surface area contributed by atoms with Crippen LogP contribution in [0.5, 0.6) is 0 Å². The lowest BCUT2D eigenvalue weighted by atomic mass is 10.0. The van der Waals surface area contributed by atoms with Crippen molar-refractivity contribution in [2.75, 3.05) is 40.3 Å². The van der Waals surface area contributed by atoms with Crippen LogP contribution in [-0.2, 0) is 11.8 Å². The summed E-state index contributed by atoms with van der Waals surface area (Å²) < 4.78 is 7.57. The molecule has 2 heterocycles. The van der Waals surface area contributed by atoms with Crippen LogP contribution in [0.2, 0.25) is 0 Å². The number of urea groups is 1. The van der Waals surface area contributed by atoms with Crippen molar-refractivity contribution in [1.82, 2.24) is 24.9 Å². The maximum absolute atomic E-state index is 12.5. The third kappa shape index (κ3) is 4.45. The van der Waals surface area contributed by atoms with Crippen molar-refractivity contribution >= 4 is 6.03 Å². The summed E-state index contributed by atoms with van der Waals surface area (Å²) in [4.78, 5) is 16.4. The molecule has 1 aromatic rings. The van der Waals surface area contributed by atoms with Crippen molar-refractivity contribution in [2.45, 2.75) is 31.9 Å². The highest BCUT2D eigenvalue weighted by Gasteiger charge is 2.32. The topological polar surface area (TPSA) is 62.6 Å². The molecular formula is C16H29N5O2. The van der Waals surface area contributed by atoms with Gasteiger partial charge in [0.1, 0.15) is 0 Å². The minimum Gasteiger partial charge on any atom is -0.372 e. The first-order valence-electron chi connectivity index (χ1n) is 8.16. The SMILES string of the molecule is CCC1(C)CN(C(=O)NCC(c2cnn(C)c2)N(C)C)CCO1. The predicted octanol–water partition coefficient (Wildman–Crippen LogP) is 1.23. The highest BCUT2D eigenvalue weighted by molar-refractivity contribution is 5.74. The monoisotopic (exact) mass is 323 g/mol. The maximum atomic E-state index is 12.5. The molecule has 1 fully saturated rings. The number of likely N-dealkylation sites (N-methyl/N-ethyl adjacent to an activating group) is 1. The third-order valence-corrected chi connectivity index (χ3v) is 4.55. The van der Waals surface area contributed by atoms with E-state index in [4.69, 9.17) is 4.74 Å². The van der Waals surface area contributed by atoms with Crippen LogP contribution in [0.15, 0.2) is 12.4 Å². The van der Waals surface area contributed by atoms with E-state index in [2.05, 4.69) is 29.2 Å². The molecule has 0 aromatic carbocycles. The van der Waals surface area contributed by atoms with Crippen molar-refractivity contribution in [3.8, 4) is 0 Å². The molecule has 2 atom stereocenters. The van der Waals surface area contributed by atoms with E-state index < -0.39 is 0 Å². The van der Waals surface area contributed by atoms with Crippen molar-refractivity contribution in [2.24, 2.45) is 7.05 Å². The summed E-state index contributed by atoms with van der Waals surface area (Å²) in [6, 6.07) is 0.0787. The standard InChI is InChI=1S/C16H29N5O2/c1-6-16(2)12-21(7-8-23-16)15(22)17-10-14(19(3)4)13-9-18-20(5)11-13/h9,11,14H,6-8,10,12H2,1-5H3,(H,17,22). The molecular weight excluding hydrogens is 294 g/mol. The number of hydrogen-bond donors (Lipinski definition) is 1. The second-order valence-corrected chi connectivity index (χ2v) is 6.69. The van der Waals surface area contributed by atoms with Crippen molar-refractivity contribution in [1.29, 1.82) is 0 Å². The number of ether oxygens (including phenoxy) is 1. The van der Waals surface area contributed by atoms with Gasteiger partial charge in [-0.2, -0.15) is 5.10 Å². The quantitative estimate of drug-likeness (QED) is 0.885. The molecule has 2 amide bonds. The molecule has 2 rings (SSSR count). The Kier molecular flexibility index (Phi) is 5.64. The van der Waals surface area contributed by atoms with Gasteiger partial charge >= 0.3 is 6.03 Å². The summed E-state index contributed by atoms with van der Waals surface area (Å²) in [5.41, 5.74) is 0.859. The summed E-state index contributed by atoms with van der Waals surface area (Å²) in [6.07, 6.45) is 4.73. The van der Waals surface area contributed by atoms with Gasteiger partial charge in [-0.05, 0) is 27.4 Å². The van der Waals surface area contributed by atoms with E-state index in [-0.39, 0.29) is 17.7 Å². The first kappa shape index (κ1) is 17.7. The van der Waals surface area contributed by atoms with Gasteiger partial charge in [0.15, 0.2) is 0 Å². The molecule has 0 aliphatic carbocycles. The zero-order valence-corrected chi connectivity index (χ0v) is 14.9. The lowest BCUT2D eigenvalue weighted by molar-refractivity contribution is -0.0873. The highest BCUT2D eigenvalue weighted by Crippen LogP contribution is 2.21. The largest absolute Gasteiger partial charge is 0.372 e. The molecule has 1 aromatic heterocycles. The predicted molar refractivity (Wildman–Crippen MR) is 89.3 cm³/mol. The number of morpholine rings is 1. The van der Waals surface area contributed by atoms with Gasteiger partial charge < -0.3 is 19.9 Å². The van der Waals surface area contributed by atoms with E-state index in [1.165, 1.54) is 0 Å². The number of hydrogen-bond acceptors (Lipinski definition) is 4. The van der Waals surface area contributed by atoms with Crippen LogP contribution >= 0.6 is 0 Å². The Morgan fingerprint density at radius 2 is 2.30 bits per heavy atom. The second-order valence-electron chi connectivity index (χ2n) is 6.69. The number of nitrogens with zero attached hydrogens (tertiary/aromatic N) is 4. The molecule has 1 N–H and O–H groups in total. The normalized spacial score (nSPS) is 23.1. The third-order valence-electron chi connectivity index (χ3n) is 4.55. The first-order valence-corrected chi connectivity index (χ1v) is 8.16. The lowest BCUT2D eigenvalue weighted by Gasteiger charge is -2.40. The molecule has 2 unspecified atom stereocenters. The minimum absolute atomic E-state index is 0.0243. The fourth-order valence-corrected chi connectivity index (χ4v) is 2.82. The summed E-state index contributed by atoms with van der Waals surface area (Å²) in [7, 11) is 5.91. The Balaban J connectivity index is 1.94. The van der Waals surface area contributed by atoms with Crippen LogP contribution in [0.3, 0.4) is 0 Å².